The van der Waals surface area contributed by atoms with E-state index in [0.29, 0.717) is 70.5 Å². The van der Waals surface area contributed by atoms with E-state index in [1.165, 1.54) is 11.1 Å². The lowest BCUT2D eigenvalue weighted by atomic mass is 9.96. The summed E-state index contributed by atoms with van der Waals surface area (Å²) in [6, 6.07) is 9.84. The topological polar surface area (TPSA) is 202 Å². The number of nitrogens with one attached hydrogen (secondary N) is 2. The van der Waals surface area contributed by atoms with Gasteiger partial charge in [-0.15, -0.1) is 21.5 Å². The van der Waals surface area contributed by atoms with Crippen LogP contribution in [0.1, 0.15) is 84.9 Å². The summed E-state index contributed by atoms with van der Waals surface area (Å²) in [5.41, 5.74) is -0.550. The first kappa shape index (κ1) is 34.2. The molecule has 5 aliphatic rings. The third-order valence-corrected chi connectivity index (χ3v) is 12.8. The predicted octanol–water partition coefficient (Wildman–Crippen LogP) is 4.36. The molecule has 0 saturated carbocycles. The maximum atomic E-state index is 16.1. The molecule has 2 unspecified atom stereocenters. The highest BCUT2D eigenvalue weighted by molar-refractivity contribution is 7.13. The van der Waals surface area contributed by atoms with Crippen molar-refractivity contribution < 1.29 is 53.6 Å². The van der Waals surface area contributed by atoms with Crippen LogP contribution in [-0.4, -0.2) is 122 Å². The van der Waals surface area contributed by atoms with Gasteiger partial charge in [0.2, 0.25) is 11.8 Å². The minimum Gasteiger partial charge on any atom is -0.508 e. The SMILES string of the molecule is [2H]C1([2H])N(CC2CCN(c3ccc(-c4ccc5c(c4)C(=O)N(C(C(=O)Nc4nccs4)c4cc(F)ccc4O)C5)nn3)CC2)C([2H])([2H])C([2H])([2H])N(c2cc3c(cc2F)C(=O)N(C2CCC(=O)NC2=O)C3=O)C1([2H])[2H]. The minimum absolute atomic E-state index is 0.0255. The first-order chi connectivity index (χ1) is 34.9. The lowest BCUT2D eigenvalue weighted by Crippen LogP contribution is -2.54. The lowest BCUT2D eigenvalue weighted by Gasteiger charge is -2.39. The Hall–Kier alpha value is -7.19. The number of phenols is 1. The third kappa shape index (κ3) is 7.99. The molecule has 20 heteroatoms. The van der Waals surface area contributed by atoms with Gasteiger partial charge in [-0.3, -0.25) is 49.2 Å². The number of hydrogen-bond acceptors (Lipinski definition) is 14. The fourth-order valence-corrected chi connectivity index (χ4v) is 9.27. The molecular formula is C46H42F2N10O7S. The second kappa shape index (κ2) is 17.3. The number of phenolic OH excluding ortho intramolecular Hbond substituents is 1. The standard InChI is InChI=1S/C46H42F2N10O7S/c47-28-3-6-37(59)32(20-28)40(42(62)51-46-49-11-18-66-46)57-24-27-2-1-26(19-29(27)43(57)63)34-4-7-38(53-52-34)56-12-9-25(10-13-56)23-54-14-16-55(17-15-54)36-22-31-30(21-33(36)48)44(64)58(45(31)65)35-5-8-39(60)50-41(35)61/h1-4,6-7,11,18-22,25,35,40,59H,5,8-10,12-17,23-24H2,(H,49,51,62)(H,50,60,61)/i14D2,15D2,16D2,17D2. The Labute approximate surface area is 391 Å². The Morgan fingerprint density at radius 2 is 1.65 bits per heavy atom. The van der Waals surface area contributed by atoms with Gasteiger partial charge in [0.15, 0.2) is 10.9 Å². The van der Waals surface area contributed by atoms with Crippen LogP contribution in [0.2, 0.25) is 0 Å². The van der Waals surface area contributed by atoms with Gasteiger partial charge >= 0.3 is 0 Å². The quantitative estimate of drug-likeness (QED) is 0.167. The van der Waals surface area contributed by atoms with Crippen molar-refractivity contribution in [1.29, 1.82) is 0 Å². The normalized spacial score (nSPS) is 24.5. The van der Waals surface area contributed by atoms with E-state index in [0.717, 1.165) is 29.5 Å². The van der Waals surface area contributed by atoms with E-state index in [-0.39, 0.29) is 46.3 Å². The van der Waals surface area contributed by atoms with Crippen molar-refractivity contribution in [2.45, 2.75) is 44.3 Å². The molecule has 3 N–H and O–H groups in total. The van der Waals surface area contributed by atoms with Crippen LogP contribution in [0.4, 0.5) is 25.4 Å². The molecule has 17 nitrogen and oxygen atoms in total. The predicted molar refractivity (Wildman–Crippen MR) is 236 cm³/mol. The first-order valence-electron chi connectivity index (χ1n) is 24.8. The van der Waals surface area contributed by atoms with Gasteiger partial charge in [0.25, 0.3) is 23.6 Å². The van der Waals surface area contributed by atoms with Crippen molar-refractivity contribution in [1.82, 2.24) is 35.2 Å². The monoisotopic (exact) mass is 924 g/mol. The number of rotatable bonds is 10. The zero-order valence-electron chi connectivity index (χ0n) is 42.5. The molecule has 5 aliphatic heterocycles. The van der Waals surface area contributed by atoms with Crippen LogP contribution in [-0.2, 0) is 20.9 Å². The van der Waals surface area contributed by atoms with Gasteiger partial charge in [-0.1, -0.05) is 12.1 Å². The molecule has 66 heavy (non-hydrogen) atoms. The van der Waals surface area contributed by atoms with Crippen molar-refractivity contribution in [2.24, 2.45) is 5.92 Å². The van der Waals surface area contributed by atoms with Crippen molar-refractivity contribution in [3.63, 3.8) is 0 Å². The van der Waals surface area contributed by atoms with E-state index in [1.807, 2.05) is 10.2 Å². The van der Waals surface area contributed by atoms with Crippen LogP contribution in [0.25, 0.3) is 11.3 Å². The van der Waals surface area contributed by atoms with Crippen LogP contribution in [0.3, 0.4) is 0 Å². The molecule has 10 rings (SSSR count). The molecule has 2 aromatic heterocycles. The molecule has 0 radical (unpaired) electrons. The molecule has 7 heterocycles. The highest BCUT2D eigenvalue weighted by atomic mass is 32.1. The smallest absolute Gasteiger partial charge is 0.262 e. The molecule has 0 aliphatic carbocycles. The number of nitrogens with zero attached hydrogens (tertiary/aromatic N) is 8. The van der Waals surface area contributed by atoms with Crippen LogP contribution in [0, 0.1) is 17.6 Å². The number of aromatic nitrogens is 3. The highest BCUT2D eigenvalue weighted by Crippen LogP contribution is 2.38. The number of carbonyl (C=O) groups is 6. The largest absolute Gasteiger partial charge is 0.508 e. The molecule has 5 aromatic rings. The van der Waals surface area contributed by atoms with Crippen molar-refractivity contribution in [3.05, 3.63) is 112 Å². The molecule has 3 fully saturated rings. The zero-order valence-corrected chi connectivity index (χ0v) is 35.3. The van der Waals surface area contributed by atoms with Crippen LogP contribution < -0.4 is 20.4 Å². The Bertz CT molecular complexity index is 3160. The summed E-state index contributed by atoms with van der Waals surface area (Å²) in [6.45, 7) is -13.7. The molecule has 6 amide bonds. The number of aromatic hydroxyl groups is 1. The van der Waals surface area contributed by atoms with E-state index in [4.69, 9.17) is 11.0 Å². The van der Waals surface area contributed by atoms with E-state index < -0.39 is 114 Å². The number of fused-ring (bicyclic) bond motifs is 2. The Morgan fingerprint density at radius 3 is 2.36 bits per heavy atom. The number of hydrogen-bond donors (Lipinski definition) is 3. The fourth-order valence-electron chi connectivity index (χ4n) is 8.73. The van der Waals surface area contributed by atoms with Crippen LogP contribution >= 0.6 is 11.3 Å². The second-order valence-electron chi connectivity index (χ2n) is 16.1. The van der Waals surface area contributed by atoms with Gasteiger partial charge in [0.05, 0.1) is 28.0 Å². The van der Waals surface area contributed by atoms with Crippen molar-refractivity contribution >= 4 is 63.4 Å². The number of piperidine rings is 2. The number of thiazole rings is 1. The number of carbonyl (C=O) groups excluding carboxylic acids is 6. The molecule has 0 bridgehead atoms. The van der Waals surface area contributed by atoms with Gasteiger partial charge in [0, 0.05) is 92.3 Å². The van der Waals surface area contributed by atoms with E-state index in [2.05, 4.69) is 20.5 Å². The molecule has 2 atom stereocenters. The van der Waals surface area contributed by atoms with Gasteiger partial charge in [-0.25, -0.2) is 13.8 Å². The summed E-state index contributed by atoms with van der Waals surface area (Å²) >= 11 is 1.14. The maximum absolute atomic E-state index is 16.1. The van der Waals surface area contributed by atoms with Crippen LogP contribution in [0.15, 0.2) is 72.2 Å². The Balaban J connectivity index is 0.818. The number of amides is 6. The van der Waals surface area contributed by atoms with Gasteiger partial charge in [0.1, 0.15) is 29.5 Å². The third-order valence-electron chi connectivity index (χ3n) is 12.1. The van der Waals surface area contributed by atoms with E-state index in [9.17, 15) is 38.3 Å². The molecule has 0 spiro atoms. The summed E-state index contributed by atoms with van der Waals surface area (Å²) < 4.78 is 103. The fraction of sp³-hybridized carbons (Fsp3) is 0.326. The van der Waals surface area contributed by atoms with Crippen molar-refractivity contribution in [3.8, 4) is 17.0 Å². The van der Waals surface area contributed by atoms with Crippen LogP contribution in [0.5, 0.6) is 5.75 Å². The molecule has 338 valence electrons. The Morgan fingerprint density at radius 1 is 0.879 bits per heavy atom. The molecule has 3 saturated heterocycles. The number of piperazine rings is 1. The lowest BCUT2D eigenvalue weighted by molar-refractivity contribution is -0.136. The number of anilines is 3. The summed E-state index contributed by atoms with van der Waals surface area (Å²) in [5, 5.41) is 26.1. The summed E-state index contributed by atoms with van der Waals surface area (Å²) in [5.74, 6) is -7.71. The zero-order chi connectivity index (χ0) is 53.0. The number of imide groups is 2. The number of halogens is 2. The van der Waals surface area contributed by atoms with Crippen molar-refractivity contribution in [2.75, 3.05) is 60.7 Å². The molecule has 3 aromatic carbocycles. The van der Waals surface area contributed by atoms with Gasteiger partial charge < -0.3 is 19.8 Å². The Kier molecular flexibility index (Phi) is 8.97. The van der Waals surface area contributed by atoms with E-state index >= 15 is 4.39 Å². The van der Waals surface area contributed by atoms with Gasteiger partial charge in [-0.05, 0) is 79.3 Å². The van der Waals surface area contributed by atoms with Gasteiger partial charge in [-0.2, -0.15) is 0 Å². The first-order valence-corrected chi connectivity index (χ1v) is 21.6. The highest BCUT2D eigenvalue weighted by Gasteiger charge is 2.46. The maximum Gasteiger partial charge on any atom is 0.262 e. The molecular weight excluding hydrogens is 875 g/mol. The summed E-state index contributed by atoms with van der Waals surface area (Å²) in [4.78, 5) is 87.1. The second-order valence-corrected chi connectivity index (χ2v) is 17.0. The summed E-state index contributed by atoms with van der Waals surface area (Å²) in [7, 11) is 0. The number of benzene rings is 3. The average molecular weight is 925 g/mol. The van der Waals surface area contributed by atoms with E-state index in [1.54, 1.807) is 35.7 Å². The average Bonchev–Trinajstić information content (AvgIpc) is 4.05. The minimum atomic E-state index is -3.52. The summed E-state index contributed by atoms with van der Waals surface area (Å²) in [6.07, 6.45) is 1.64.